The molecular weight excluding hydrogens is 436 g/mol. The van der Waals surface area contributed by atoms with Crippen molar-refractivity contribution in [3.05, 3.63) is 95.6 Å². The molecule has 0 saturated carbocycles. The second kappa shape index (κ2) is 11.0. The standard InChI is InChI=1S/C26H30N2O4S/c1-20-11-9-14-22(19-20)26(21-12-5-4-6-13-21)27-25(29)17-10-18-28(33(3,30)31)23-15-7-8-16-24(23)32-2/h4-9,11-16,19,26H,10,17-18H2,1-3H3,(H,27,29)/t26-/m1/s1. The lowest BCUT2D eigenvalue weighted by Crippen LogP contribution is -2.33. The molecule has 174 valence electrons. The van der Waals surface area contributed by atoms with Crippen LogP contribution in [-0.2, 0) is 14.8 Å². The van der Waals surface area contributed by atoms with E-state index in [9.17, 15) is 13.2 Å². The Balaban J connectivity index is 1.72. The highest BCUT2D eigenvalue weighted by molar-refractivity contribution is 7.92. The largest absolute Gasteiger partial charge is 0.495 e. The number of carbonyl (C=O) groups excluding carboxylic acids is 1. The van der Waals surface area contributed by atoms with Crippen LogP contribution >= 0.6 is 0 Å². The Morgan fingerprint density at radius 3 is 2.30 bits per heavy atom. The van der Waals surface area contributed by atoms with E-state index in [4.69, 9.17) is 4.74 Å². The van der Waals surface area contributed by atoms with Crippen molar-refractivity contribution >= 4 is 21.6 Å². The Morgan fingerprint density at radius 2 is 1.64 bits per heavy atom. The lowest BCUT2D eigenvalue weighted by molar-refractivity contribution is -0.121. The Bertz CT molecular complexity index is 1180. The second-order valence-electron chi connectivity index (χ2n) is 7.94. The molecule has 1 N–H and O–H groups in total. The van der Waals surface area contributed by atoms with Crippen LogP contribution in [0.1, 0.15) is 35.6 Å². The summed E-state index contributed by atoms with van der Waals surface area (Å²) in [5.74, 6) is 0.329. The number of hydrogen-bond acceptors (Lipinski definition) is 4. The number of methoxy groups -OCH3 is 1. The highest BCUT2D eigenvalue weighted by Crippen LogP contribution is 2.30. The monoisotopic (exact) mass is 466 g/mol. The zero-order valence-electron chi connectivity index (χ0n) is 19.2. The molecular formula is C26H30N2O4S. The maximum absolute atomic E-state index is 12.9. The summed E-state index contributed by atoms with van der Waals surface area (Å²) in [7, 11) is -2.04. The number of hydrogen-bond donors (Lipinski definition) is 1. The van der Waals surface area contributed by atoms with Crippen LogP contribution in [0.4, 0.5) is 5.69 Å². The molecule has 6 nitrogen and oxygen atoms in total. The molecule has 1 amide bonds. The van der Waals surface area contributed by atoms with Gasteiger partial charge in [-0.2, -0.15) is 0 Å². The smallest absolute Gasteiger partial charge is 0.232 e. The molecule has 0 aliphatic heterocycles. The van der Waals surface area contributed by atoms with Crippen LogP contribution in [0.2, 0.25) is 0 Å². The maximum atomic E-state index is 12.9. The van der Waals surface area contributed by atoms with Crippen molar-refractivity contribution in [1.29, 1.82) is 0 Å². The number of aryl methyl sites for hydroxylation is 1. The first kappa shape index (κ1) is 24.3. The van der Waals surface area contributed by atoms with Gasteiger partial charge in [-0.25, -0.2) is 8.42 Å². The minimum absolute atomic E-state index is 0.140. The molecule has 0 fully saturated rings. The van der Waals surface area contributed by atoms with Crippen LogP contribution in [0.3, 0.4) is 0 Å². The summed E-state index contributed by atoms with van der Waals surface area (Å²) in [5, 5.41) is 3.12. The highest BCUT2D eigenvalue weighted by Gasteiger charge is 2.22. The van der Waals surface area contributed by atoms with Gasteiger partial charge in [-0.15, -0.1) is 0 Å². The molecule has 7 heteroatoms. The normalized spacial score (nSPS) is 12.1. The minimum atomic E-state index is -3.54. The van der Waals surface area contributed by atoms with Gasteiger partial charge < -0.3 is 10.1 Å². The third kappa shape index (κ3) is 6.58. The molecule has 1 atom stereocenters. The molecule has 0 saturated heterocycles. The van der Waals surface area contributed by atoms with Crippen molar-refractivity contribution in [3.8, 4) is 5.75 Å². The van der Waals surface area contributed by atoms with Gasteiger partial charge in [0.15, 0.2) is 0 Å². The molecule has 0 heterocycles. The first-order valence-electron chi connectivity index (χ1n) is 10.8. The summed E-state index contributed by atoms with van der Waals surface area (Å²) in [6, 6.07) is 24.5. The summed E-state index contributed by atoms with van der Waals surface area (Å²) < 4.78 is 31.5. The van der Waals surface area contributed by atoms with E-state index in [0.717, 1.165) is 22.9 Å². The van der Waals surface area contributed by atoms with Crippen LogP contribution in [0.15, 0.2) is 78.9 Å². The van der Waals surface area contributed by atoms with E-state index in [1.165, 1.54) is 11.4 Å². The van der Waals surface area contributed by atoms with E-state index in [-0.39, 0.29) is 24.9 Å². The first-order chi connectivity index (χ1) is 15.8. The third-order valence-electron chi connectivity index (χ3n) is 5.33. The number of anilines is 1. The zero-order valence-corrected chi connectivity index (χ0v) is 20.0. The summed E-state index contributed by atoms with van der Waals surface area (Å²) in [6.45, 7) is 2.19. The summed E-state index contributed by atoms with van der Waals surface area (Å²) in [5.41, 5.74) is 3.57. The molecule has 0 aliphatic carbocycles. The van der Waals surface area contributed by atoms with Gasteiger partial charge in [0.2, 0.25) is 15.9 Å². The van der Waals surface area contributed by atoms with Gasteiger partial charge in [0.1, 0.15) is 5.75 Å². The Morgan fingerprint density at radius 1 is 0.970 bits per heavy atom. The number of amides is 1. The lowest BCUT2D eigenvalue weighted by Gasteiger charge is -2.24. The topological polar surface area (TPSA) is 75.7 Å². The van der Waals surface area contributed by atoms with Crippen molar-refractivity contribution in [2.24, 2.45) is 0 Å². The summed E-state index contributed by atoms with van der Waals surface area (Å²) >= 11 is 0. The first-order valence-corrected chi connectivity index (χ1v) is 12.7. The van der Waals surface area contributed by atoms with E-state index in [1.54, 1.807) is 24.3 Å². The van der Waals surface area contributed by atoms with Crippen LogP contribution in [-0.4, -0.2) is 34.2 Å². The summed E-state index contributed by atoms with van der Waals surface area (Å²) in [4.78, 5) is 12.9. The number of benzene rings is 3. The van der Waals surface area contributed by atoms with Gasteiger partial charge in [0.05, 0.1) is 25.1 Å². The molecule has 3 rings (SSSR count). The summed E-state index contributed by atoms with van der Waals surface area (Å²) in [6.07, 6.45) is 1.71. The van der Waals surface area contributed by atoms with Crippen molar-refractivity contribution in [1.82, 2.24) is 5.32 Å². The van der Waals surface area contributed by atoms with Gasteiger partial charge in [0.25, 0.3) is 0 Å². The second-order valence-corrected chi connectivity index (χ2v) is 9.84. The molecule has 0 aliphatic rings. The molecule has 0 unspecified atom stereocenters. The Hall–Kier alpha value is -3.32. The van der Waals surface area contributed by atoms with Crippen LogP contribution in [0.25, 0.3) is 0 Å². The number of rotatable bonds is 10. The maximum Gasteiger partial charge on any atom is 0.232 e. The number of sulfonamides is 1. The minimum Gasteiger partial charge on any atom is -0.495 e. The van der Waals surface area contributed by atoms with Crippen LogP contribution in [0.5, 0.6) is 5.75 Å². The van der Waals surface area contributed by atoms with Gasteiger partial charge in [-0.1, -0.05) is 72.3 Å². The number of ether oxygens (including phenoxy) is 1. The quantitative estimate of drug-likeness (QED) is 0.479. The average Bonchev–Trinajstić information content (AvgIpc) is 2.80. The Labute approximate surface area is 196 Å². The average molecular weight is 467 g/mol. The van der Waals surface area contributed by atoms with Crippen molar-refractivity contribution in [2.45, 2.75) is 25.8 Å². The van der Waals surface area contributed by atoms with Gasteiger partial charge in [0, 0.05) is 13.0 Å². The number of carbonyl (C=O) groups is 1. The van der Waals surface area contributed by atoms with Crippen molar-refractivity contribution in [3.63, 3.8) is 0 Å². The molecule has 3 aromatic carbocycles. The fourth-order valence-electron chi connectivity index (χ4n) is 3.77. The number of nitrogens with zero attached hydrogens (tertiary/aromatic N) is 1. The van der Waals surface area contributed by atoms with E-state index in [0.29, 0.717) is 17.9 Å². The van der Waals surface area contributed by atoms with Gasteiger partial charge in [-0.05, 0) is 36.6 Å². The van der Waals surface area contributed by atoms with Crippen molar-refractivity contribution < 1.29 is 17.9 Å². The predicted molar refractivity (Wildman–Crippen MR) is 132 cm³/mol. The lowest BCUT2D eigenvalue weighted by atomic mass is 9.97. The molecule has 33 heavy (non-hydrogen) atoms. The van der Waals surface area contributed by atoms with E-state index in [1.807, 2.05) is 55.5 Å². The number of nitrogens with one attached hydrogen (secondary N) is 1. The molecule has 0 aromatic heterocycles. The van der Waals surface area contributed by atoms with Crippen LogP contribution in [0, 0.1) is 6.92 Å². The van der Waals surface area contributed by atoms with Crippen molar-refractivity contribution in [2.75, 3.05) is 24.2 Å². The van der Waals surface area contributed by atoms with Crippen LogP contribution < -0.4 is 14.4 Å². The zero-order chi connectivity index (χ0) is 23.8. The fraction of sp³-hybridized carbons (Fsp3) is 0.269. The van der Waals surface area contributed by atoms with E-state index in [2.05, 4.69) is 11.4 Å². The predicted octanol–water partition coefficient (Wildman–Crippen LogP) is 4.46. The molecule has 0 radical (unpaired) electrons. The van der Waals surface area contributed by atoms with Gasteiger partial charge in [-0.3, -0.25) is 9.10 Å². The Kier molecular flexibility index (Phi) is 8.11. The fourth-order valence-corrected chi connectivity index (χ4v) is 4.74. The number of para-hydroxylation sites is 2. The molecule has 0 bridgehead atoms. The molecule has 0 spiro atoms. The third-order valence-corrected chi connectivity index (χ3v) is 6.51. The van der Waals surface area contributed by atoms with Gasteiger partial charge >= 0.3 is 0 Å². The van der Waals surface area contributed by atoms with E-state index >= 15 is 0 Å². The van der Waals surface area contributed by atoms with E-state index < -0.39 is 10.0 Å². The highest BCUT2D eigenvalue weighted by atomic mass is 32.2. The molecule has 3 aromatic rings. The SMILES string of the molecule is COc1ccccc1N(CCCC(=O)N[C@H](c1ccccc1)c1cccc(C)c1)S(C)(=O)=O.